The number of amides is 2. The van der Waals surface area contributed by atoms with Crippen LogP contribution in [0, 0.1) is 0 Å². The Kier molecular flexibility index (Phi) is 3.38. The van der Waals surface area contributed by atoms with Gasteiger partial charge >= 0.3 is 0 Å². The molecule has 0 rings (SSSR count). The zero-order chi connectivity index (χ0) is 8.15. The highest BCUT2D eigenvalue weighted by Gasteiger charge is 2.22. The van der Waals surface area contributed by atoms with E-state index >= 15 is 0 Å². The van der Waals surface area contributed by atoms with Crippen LogP contribution >= 0.6 is 0 Å². The summed E-state index contributed by atoms with van der Waals surface area (Å²) in [7, 11) is 2.52. The van der Waals surface area contributed by atoms with Crippen LogP contribution in [0.1, 0.15) is 0 Å². The van der Waals surface area contributed by atoms with Gasteiger partial charge in [-0.25, -0.2) is 4.39 Å². The minimum absolute atomic E-state index is 0.931. The number of alkyl halides is 1. The molecule has 0 bridgehead atoms. The molecular formula is C5H9FN2O2. The highest BCUT2D eigenvalue weighted by molar-refractivity contribution is 6.02. The van der Waals surface area contributed by atoms with Crippen LogP contribution in [0.5, 0.6) is 0 Å². The fourth-order valence-corrected chi connectivity index (χ4v) is 0.373. The molecule has 0 saturated heterocycles. The molecule has 0 aliphatic rings. The van der Waals surface area contributed by atoms with Crippen molar-refractivity contribution in [3.05, 3.63) is 0 Å². The molecule has 0 aliphatic carbocycles. The number of hydrogen-bond acceptors (Lipinski definition) is 2. The predicted molar refractivity (Wildman–Crippen MR) is 33.0 cm³/mol. The van der Waals surface area contributed by atoms with Crippen molar-refractivity contribution >= 4 is 11.8 Å². The lowest BCUT2D eigenvalue weighted by Gasteiger charge is -2.03. The lowest BCUT2D eigenvalue weighted by molar-refractivity contribution is -0.135. The molecule has 2 amide bonds. The molecule has 10 heavy (non-hydrogen) atoms. The highest BCUT2D eigenvalue weighted by atomic mass is 19.1. The van der Waals surface area contributed by atoms with Crippen molar-refractivity contribution in [1.29, 1.82) is 0 Å². The lowest BCUT2D eigenvalue weighted by atomic mass is 10.3. The molecule has 0 atom stereocenters. The van der Waals surface area contributed by atoms with Gasteiger partial charge in [-0.1, -0.05) is 0 Å². The third kappa shape index (κ3) is 2.00. The summed E-state index contributed by atoms with van der Waals surface area (Å²) in [6.45, 7) is 0. The number of carbonyl (C=O) groups excluding carboxylic acids is 2. The van der Waals surface area contributed by atoms with Gasteiger partial charge in [0.25, 0.3) is 18.0 Å². The van der Waals surface area contributed by atoms with E-state index in [-0.39, 0.29) is 0 Å². The topological polar surface area (TPSA) is 58.2 Å². The minimum Gasteiger partial charge on any atom is -0.356 e. The predicted octanol–water partition coefficient (Wildman–Crippen LogP) is -1.18. The fraction of sp³-hybridized carbons (Fsp3) is 0.600. The van der Waals surface area contributed by atoms with Gasteiger partial charge < -0.3 is 10.6 Å². The Morgan fingerprint density at radius 1 is 1.20 bits per heavy atom. The van der Waals surface area contributed by atoms with Gasteiger partial charge in [0.15, 0.2) is 0 Å². The van der Waals surface area contributed by atoms with Crippen molar-refractivity contribution in [3.8, 4) is 0 Å². The molecule has 0 aromatic carbocycles. The highest BCUT2D eigenvalue weighted by Crippen LogP contribution is 1.88. The van der Waals surface area contributed by atoms with Gasteiger partial charge in [0.2, 0.25) is 0 Å². The molecule has 0 saturated carbocycles. The van der Waals surface area contributed by atoms with E-state index in [4.69, 9.17) is 0 Å². The van der Waals surface area contributed by atoms with Gasteiger partial charge in [0.05, 0.1) is 0 Å². The van der Waals surface area contributed by atoms with Crippen LogP contribution < -0.4 is 10.6 Å². The average molecular weight is 148 g/mol. The van der Waals surface area contributed by atoms with Crippen molar-refractivity contribution in [3.63, 3.8) is 0 Å². The largest absolute Gasteiger partial charge is 0.356 e. The number of hydrogen-bond donors (Lipinski definition) is 2. The van der Waals surface area contributed by atoms with Crippen LogP contribution in [-0.2, 0) is 9.59 Å². The second-order valence-corrected chi connectivity index (χ2v) is 1.59. The van der Waals surface area contributed by atoms with Gasteiger partial charge in [0, 0.05) is 14.1 Å². The maximum absolute atomic E-state index is 12.4. The maximum Gasteiger partial charge on any atom is 0.264 e. The molecule has 0 spiro atoms. The summed E-state index contributed by atoms with van der Waals surface area (Å²) in [6.07, 6.45) is -2.10. The van der Waals surface area contributed by atoms with E-state index < -0.39 is 18.0 Å². The van der Waals surface area contributed by atoms with Gasteiger partial charge in [-0.15, -0.1) is 0 Å². The van der Waals surface area contributed by atoms with Crippen LogP contribution in [0.25, 0.3) is 0 Å². The Balaban J connectivity index is 3.94. The van der Waals surface area contributed by atoms with Gasteiger partial charge in [0.1, 0.15) is 0 Å². The van der Waals surface area contributed by atoms with Gasteiger partial charge in [-0.3, -0.25) is 9.59 Å². The van der Waals surface area contributed by atoms with Crippen LogP contribution in [0.3, 0.4) is 0 Å². The Bertz CT molecular complexity index is 133. The molecule has 2 N–H and O–H groups in total. The van der Waals surface area contributed by atoms with Gasteiger partial charge in [-0.2, -0.15) is 0 Å². The third-order valence-corrected chi connectivity index (χ3v) is 0.953. The fourth-order valence-electron chi connectivity index (χ4n) is 0.373. The molecule has 0 fully saturated rings. The van der Waals surface area contributed by atoms with E-state index in [2.05, 4.69) is 0 Å². The first-order chi connectivity index (χ1) is 4.63. The molecule has 0 unspecified atom stereocenters. The summed E-state index contributed by atoms with van der Waals surface area (Å²) in [5.74, 6) is -1.86. The van der Waals surface area contributed by atoms with Crippen molar-refractivity contribution < 1.29 is 14.0 Å². The summed E-state index contributed by atoms with van der Waals surface area (Å²) in [4.78, 5) is 20.7. The van der Waals surface area contributed by atoms with Crippen LogP contribution in [0.4, 0.5) is 4.39 Å². The van der Waals surface area contributed by atoms with Crippen LogP contribution in [-0.4, -0.2) is 32.1 Å². The average Bonchev–Trinajstić information content (AvgIpc) is 2.00. The normalized spacial score (nSPS) is 9.20. The summed E-state index contributed by atoms with van der Waals surface area (Å²) in [6, 6.07) is 0. The zero-order valence-corrected chi connectivity index (χ0v) is 5.77. The van der Waals surface area contributed by atoms with Crippen LogP contribution in [0.15, 0.2) is 0 Å². The first-order valence-electron chi connectivity index (χ1n) is 2.70. The van der Waals surface area contributed by atoms with Crippen molar-refractivity contribution in [2.45, 2.75) is 6.17 Å². The number of halogens is 1. The van der Waals surface area contributed by atoms with E-state index in [1.165, 1.54) is 14.1 Å². The summed E-state index contributed by atoms with van der Waals surface area (Å²) >= 11 is 0. The molecular weight excluding hydrogens is 139 g/mol. The first-order valence-corrected chi connectivity index (χ1v) is 2.70. The van der Waals surface area contributed by atoms with Crippen molar-refractivity contribution in [2.24, 2.45) is 0 Å². The number of nitrogens with one attached hydrogen (secondary N) is 2. The molecule has 0 radical (unpaired) electrons. The van der Waals surface area contributed by atoms with E-state index in [9.17, 15) is 14.0 Å². The molecule has 0 aliphatic heterocycles. The van der Waals surface area contributed by atoms with Crippen molar-refractivity contribution in [2.75, 3.05) is 14.1 Å². The quantitative estimate of drug-likeness (QED) is 0.484. The van der Waals surface area contributed by atoms with E-state index in [0.29, 0.717) is 0 Å². The van der Waals surface area contributed by atoms with E-state index in [0.717, 1.165) is 0 Å². The maximum atomic E-state index is 12.4. The number of rotatable bonds is 2. The Labute approximate surface area is 57.8 Å². The summed E-state index contributed by atoms with van der Waals surface area (Å²) in [5, 5.41) is 4.01. The second kappa shape index (κ2) is 3.81. The molecule has 58 valence electrons. The standard InChI is InChI=1S/C5H9FN2O2/c1-7-4(9)3(6)5(10)8-2/h3H,1-2H3,(H,7,9)(H,8,10). The van der Waals surface area contributed by atoms with Gasteiger partial charge in [-0.05, 0) is 0 Å². The minimum atomic E-state index is -2.10. The monoisotopic (exact) mass is 148 g/mol. The number of carbonyl (C=O) groups is 2. The summed E-state index contributed by atoms with van der Waals surface area (Å²) < 4.78 is 12.4. The lowest BCUT2D eigenvalue weighted by Crippen LogP contribution is -2.40. The Morgan fingerprint density at radius 3 is 1.70 bits per heavy atom. The molecule has 0 heterocycles. The zero-order valence-electron chi connectivity index (χ0n) is 5.77. The molecule has 5 heteroatoms. The molecule has 0 aromatic heterocycles. The molecule has 4 nitrogen and oxygen atoms in total. The van der Waals surface area contributed by atoms with Crippen LogP contribution in [0.2, 0.25) is 0 Å². The smallest absolute Gasteiger partial charge is 0.264 e. The summed E-state index contributed by atoms with van der Waals surface area (Å²) in [5.41, 5.74) is 0. The Morgan fingerprint density at radius 2 is 1.50 bits per heavy atom. The third-order valence-electron chi connectivity index (χ3n) is 0.953. The first kappa shape index (κ1) is 8.87. The Hall–Kier alpha value is -1.13. The van der Waals surface area contributed by atoms with Crippen molar-refractivity contribution in [1.82, 2.24) is 10.6 Å². The van der Waals surface area contributed by atoms with E-state index in [1.54, 1.807) is 0 Å². The molecule has 0 aromatic rings. The second-order valence-electron chi connectivity index (χ2n) is 1.59. The SMILES string of the molecule is CNC(=O)C(F)C(=O)NC. The van der Waals surface area contributed by atoms with E-state index in [1.807, 2.05) is 10.6 Å².